The zero-order valence-electron chi connectivity index (χ0n) is 7.91. The van der Waals surface area contributed by atoms with E-state index in [-0.39, 0.29) is 0 Å². The molecule has 0 radical (unpaired) electrons. The molecule has 4 nitrogen and oxygen atoms in total. The van der Waals surface area contributed by atoms with Crippen molar-refractivity contribution in [2.75, 3.05) is 13.7 Å². The van der Waals surface area contributed by atoms with Gasteiger partial charge in [0.05, 0.1) is 13.7 Å². The summed E-state index contributed by atoms with van der Waals surface area (Å²) in [4.78, 5) is 4.95. The van der Waals surface area contributed by atoms with Crippen LogP contribution in [0.15, 0.2) is 30.1 Å². The van der Waals surface area contributed by atoms with Crippen LogP contribution >= 0.6 is 0 Å². The van der Waals surface area contributed by atoms with Gasteiger partial charge < -0.3 is 15.3 Å². The highest BCUT2D eigenvalue weighted by atomic mass is 16.7. The first-order valence-electron chi connectivity index (χ1n) is 4.34. The van der Waals surface area contributed by atoms with Crippen molar-refractivity contribution in [1.82, 2.24) is 5.48 Å². The van der Waals surface area contributed by atoms with Crippen molar-refractivity contribution in [2.45, 2.75) is 0 Å². The number of nitrogens with two attached hydrogens (primary N) is 1. The molecule has 1 heterocycles. The molecule has 0 amide bonds. The lowest BCUT2D eigenvalue weighted by molar-refractivity contribution is 0.137. The Morgan fingerprint density at radius 1 is 1.36 bits per heavy atom. The van der Waals surface area contributed by atoms with Gasteiger partial charge in [0.2, 0.25) is 5.88 Å². The molecule has 1 aliphatic rings. The summed E-state index contributed by atoms with van der Waals surface area (Å²) in [5.74, 6) is 1.27. The van der Waals surface area contributed by atoms with Crippen molar-refractivity contribution in [3.8, 4) is 5.75 Å². The summed E-state index contributed by atoms with van der Waals surface area (Å²) < 4.78 is 5.06. The number of rotatable bonds is 2. The van der Waals surface area contributed by atoms with Crippen LogP contribution in [0, 0.1) is 0 Å². The Balaban J connectivity index is 2.29. The van der Waals surface area contributed by atoms with E-state index in [1.807, 2.05) is 24.3 Å². The van der Waals surface area contributed by atoms with Crippen molar-refractivity contribution in [1.29, 1.82) is 0 Å². The average Bonchev–Trinajstić information content (AvgIpc) is 2.65. The normalized spacial score (nSPS) is 15.5. The lowest BCUT2D eigenvalue weighted by atomic mass is 10.1. The zero-order chi connectivity index (χ0) is 9.97. The monoisotopic (exact) mass is 192 g/mol. The second-order valence-corrected chi connectivity index (χ2v) is 2.99. The molecular formula is C10H12N2O2. The molecule has 0 atom stereocenters. The highest BCUT2D eigenvalue weighted by molar-refractivity contribution is 5.69. The number of hydroxylamine groups is 1. The highest BCUT2D eigenvalue weighted by Crippen LogP contribution is 2.22. The predicted molar refractivity (Wildman–Crippen MR) is 53.2 cm³/mol. The van der Waals surface area contributed by atoms with Crippen LogP contribution < -0.4 is 16.0 Å². The maximum Gasteiger partial charge on any atom is 0.214 e. The van der Waals surface area contributed by atoms with Gasteiger partial charge in [-0.15, -0.1) is 0 Å². The molecule has 0 unspecified atom stereocenters. The molecule has 1 aromatic carbocycles. The van der Waals surface area contributed by atoms with Gasteiger partial charge in [-0.2, -0.15) is 5.48 Å². The van der Waals surface area contributed by atoms with Crippen LogP contribution in [-0.4, -0.2) is 13.7 Å². The largest absolute Gasteiger partial charge is 0.497 e. The molecule has 0 bridgehead atoms. The van der Waals surface area contributed by atoms with Gasteiger partial charge in [0.1, 0.15) is 5.75 Å². The Morgan fingerprint density at radius 2 is 2.07 bits per heavy atom. The van der Waals surface area contributed by atoms with Crippen LogP contribution in [0.2, 0.25) is 0 Å². The Hall–Kier alpha value is -1.68. The number of ether oxygens (including phenoxy) is 1. The van der Waals surface area contributed by atoms with Crippen LogP contribution in [-0.2, 0) is 4.84 Å². The van der Waals surface area contributed by atoms with E-state index in [4.69, 9.17) is 15.3 Å². The summed E-state index contributed by atoms with van der Waals surface area (Å²) >= 11 is 0. The van der Waals surface area contributed by atoms with Gasteiger partial charge in [-0.05, 0) is 17.7 Å². The molecule has 0 aromatic heterocycles. The minimum Gasteiger partial charge on any atom is -0.497 e. The number of hydrogen-bond donors (Lipinski definition) is 2. The van der Waals surface area contributed by atoms with Gasteiger partial charge in [0, 0.05) is 5.57 Å². The summed E-state index contributed by atoms with van der Waals surface area (Å²) in [5, 5.41) is 0. The minimum atomic E-state index is 0.440. The molecule has 0 saturated carbocycles. The average molecular weight is 192 g/mol. The van der Waals surface area contributed by atoms with Crippen molar-refractivity contribution >= 4 is 5.57 Å². The van der Waals surface area contributed by atoms with Crippen LogP contribution in [0.4, 0.5) is 0 Å². The fourth-order valence-corrected chi connectivity index (χ4v) is 1.37. The molecule has 14 heavy (non-hydrogen) atoms. The molecule has 2 rings (SSSR count). The SMILES string of the molecule is COc1ccc(C2=C(N)ONC2)cc1. The second-order valence-electron chi connectivity index (χ2n) is 2.99. The molecule has 1 aliphatic heterocycles. The minimum absolute atomic E-state index is 0.440. The van der Waals surface area contributed by atoms with Gasteiger partial charge in [0.25, 0.3) is 0 Å². The maximum atomic E-state index is 5.65. The van der Waals surface area contributed by atoms with Gasteiger partial charge in [-0.25, -0.2) is 0 Å². The summed E-state index contributed by atoms with van der Waals surface area (Å²) in [7, 11) is 1.64. The molecule has 0 fully saturated rings. The Morgan fingerprint density at radius 3 is 2.57 bits per heavy atom. The summed E-state index contributed by atoms with van der Waals surface area (Å²) in [6, 6.07) is 7.70. The van der Waals surface area contributed by atoms with Crippen LogP contribution in [0.5, 0.6) is 5.75 Å². The Bertz CT molecular complexity index is 357. The number of methoxy groups -OCH3 is 1. The lowest BCUT2D eigenvalue weighted by Crippen LogP contribution is -2.07. The van der Waals surface area contributed by atoms with E-state index in [9.17, 15) is 0 Å². The maximum absolute atomic E-state index is 5.65. The second kappa shape index (κ2) is 3.59. The van der Waals surface area contributed by atoms with E-state index >= 15 is 0 Å². The van der Waals surface area contributed by atoms with Crippen LogP contribution in [0.3, 0.4) is 0 Å². The van der Waals surface area contributed by atoms with E-state index in [0.29, 0.717) is 12.4 Å². The van der Waals surface area contributed by atoms with Gasteiger partial charge in [-0.1, -0.05) is 12.1 Å². The molecule has 74 valence electrons. The predicted octanol–water partition coefficient (Wildman–Crippen LogP) is 0.857. The molecule has 4 heteroatoms. The van der Waals surface area contributed by atoms with Gasteiger partial charge >= 0.3 is 0 Å². The molecule has 0 saturated heterocycles. The number of hydrogen-bond acceptors (Lipinski definition) is 4. The first kappa shape index (κ1) is 8.90. The van der Waals surface area contributed by atoms with E-state index in [1.165, 1.54) is 0 Å². The van der Waals surface area contributed by atoms with Crippen molar-refractivity contribution in [3.63, 3.8) is 0 Å². The van der Waals surface area contributed by atoms with Gasteiger partial charge in [0.15, 0.2) is 0 Å². The summed E-state index contributed by atoms with van der Waals surface area (Å²) in [6.07, 6.45) is 0. The third-order valence-electron chi connectivity index (χ3n) is 2.17. The van der Waals surface area contributed by atoms with Crippen molar-refractivity contribution in [3.05, 3.63) is 35.7 Å². The van der Waals surface area contributed by atoms with Crippen LogP contribution in [0.25, 0.3) is 5.57 Å². The van der Waals surface area contributed by atoms with E-state index < -0.39 is 0 Å². The Labute approximate surface area is 82.3 Å². The smallest absolute Gasteiger partial charge is 0.214 e. The zero-order valence-corrected chi connectivity index (χ0v) is 7.91. The summed E-state index contributed by atoms with van der Waals surface area (Å²) in [6.45, 7) is 0.637. The molecular weight excluding hydrogens is 180 g/mol. The van der Waals surface area contributed by atoms with Crippen molar-refractivity contribution < 1.29 is 9.57 Å². The molecule has 3 N–H and O–H groups in total. The molecule has 0 spiro atoms. The van der Waals surface area contributed by atoms with E-state index in [2.05, 4.69) is 5.48 Å². The van der Waals surface area contributed by atoms with E-state index in [0.717, 1.165) is 16.9 Å². The molecule has 0 aliphatic carbocycles. The number of benzene rings is 1. The van der Waals surface area contributed by atoms with Crippen LogP contribution in [0.1, 0.15) is 5.56 Å². The lowest BCUT2D eigenvalue weighted by Gasteiger charge is -2.02. The number of nitrogens with one attached hydrogen (secondary N) is 1. The fourth-order valence-electron chi connectivity index (χ4n) is 1.37. The summed E-state index contributed by atoms with van der Waals surface area (Å²) in [5.41, 5.74) is 10.4. The van der Waals surface area contributed by atoms with Gasteiger partial charge in [-0.3, -0.25) is 0 Å². The Kier molecular flexibility index (Phi) is 2.28. The molecule has 1 aromatic rings. The first-order chi connectivity index (χ1) is 6.81. The third kappa shape index (κ3) is 1.52. The fraction of sp³-hybridized carbons (Fsp3) is 0.200. The van der Waals surface area contributed by atoms with Crippen molar-refractivity contribution in [2.24, 2.45) is 5.73 Å². The van der Waals surface area contributed by atoms with E-state index in [1.54, 1.807) is 7.11 Å². The quantitative estimate of drug-likeness (QED) is 0.729. The standard InChI is InChI=1S/C10H12N2O2/c1-13-8-4-2-7(3-5-8)9-6-12-14-10(9)11/h2-5,12H,6,11H2,1H3. The first-order valence-corrected chi connectivity index (χ1v) is 4.34. The third-order valence-corrected chi connectivity index (χ3v) is 2.17. The topological polar surface area (TPSA) is 56.5 Å². The highest BCUT2D eigenvalue weighted by Gasteiger charge is 2.14.